The zero-order chi connectivity index (χ0) is 8.72. The maximum Gasteiger partial charge on any atom is 0.331 e. The van der Waals surface area contributed by atoms with Gasteiger partial charge in [0.2, 0.25) is 0 Å². The highest BCUT2D eigenvalue weighted by Crippen LogP contribution is 2.26. The Kier molecular flexibility index (Phi) is 1.65. The van der Waals surface area contributed by atoms with E-state index in [0.29, 0.717) is 0 Å². The van der Waals surface area contributed by atoms with Gasteiger partial charge in [-0.3, -0.25) is 4.90 Å². The molecule has 2 heterocycles. The Hall–Kier alpha value is -0.900. The van der Waals surface area contributed by atoms with Crippen LogP contribution in [-0.4, -0.2) is 36.0 Å². The van der Waals surface area contributed by atoms with Crippen LogP contribution in [0.3, 0.4) is 0 Å². The van der Waals surface area contributed by atoms with E-state index in [4.69, 9.17) is 0 Å². The second-order valence-electron chi connectivity index (χ2n) is 3.37. The summed E-state index contributed by atoms with van der Waals surface area (Å²) < 4.78 is 4.60. The van der Waals surface area contributed by atoms with Crippen molar-refractivity contribution in [1.82, 2.24) is 4.90 Å². The van der Waals surface area contributed by atoms with Crippen LogP contribution in [0.1, 0.15) is 19.3 Å². The average Bonchev–Trinajstić information content (AvgIpc) is 2.01. The lowest BCUT2D eigenvalue weighted by Crippen LogP contribution is -2.57. The molecule has 0 radical (unpaired) electrons. The zero-order valence-corrected chi connectivity index (χ0v) is 6.95. The van der Waals surface area contributed by atoms with Gasteiger partial charge in [-0.15, -0.1) is 0 Å². The number of carbonyl (C=O) groups is 2. The van der Waals surface area contributed by atoms with Crippen LogP contribution < -0.4 is 0 Å². The van der Waals surface area contributed by atoms with Crippen LogP contribution >= 0.6 is 0 Å². The van der Waals surface area contributed by atoms with Gasteiger partial charge in [-0.25, -0.2) is 9.59 Å². The van der Waals surface area contributed by atoms with Gasteiger partial charge < -0.3 is 4.74 Å². The molecule has 0 aliphatic carbocycles. The number of hydrogen-bond donors (Lipinski definition) is 0. The van der Waals surface area contributed by atoms with E-state index in [0.717, 1.165) is 19.3 Å². The molecule has 66 valence electrons. The molecule has 0 amide bonds. The molecule has 0 saturated carbocycles. The molecule has 2 fully saturated rings. The summed E-state index contributed by atoms with van der Waals surface area (Å²) in [4.78, 5) is 24.1. The predicted octanol–water partition coefficient (Wildman–Crippen LogP) is -0.0773. The largest absolute Gasteiger partial charge is 0.391 e. The van der Waals surface area contributed by atoms with Crippen molar-refractivity contribution in [2.45, 2.75) is 31.3 Å². The van der Waals surface area contributed by atoms with Gasteiger partial charge in [-0.2, -0.15) is 0 Å². The first-order valence-corrected chi connectivity index (χ1v) is 4.17. The summed E-state index contributed by atoms with van der Waals surface area (Å²) in [5.41, 5.74) is 0. The fraction of sp³-hybridized carbons (Fsp3) is 0.750. The second-order valence-corrected chi connectivity index (χ2v) is 3.37. The third-order valence-corrected chi connectivity index (χ3v) is 2.68. The average molecular weight is 169 g/mol. The van der Waals surface area contributed by atoms with E-state index >= 15 is 0 Å². The summed E-state index contributed by atoms with van der Waals surface area (Å²) in [6.45, 7) is 0. The molecule has 2 bridgehead atoms. The number of fused-ring (bicyclic) bond motifs is 2. The van der Waals surface area contributed by atoms with Crippen LogP contribution in [0, 0.1) is 0 Å². The normalized spacial score (nSPS) is 36.4. The summed E-state index contributed by atoms with van der Waals surface area (Å²) in [6.07, 6.45) is 2.58. The molecule has 2 aliphatic rings. The Morgan fingerprint density at radius 2 is 1.75 bits per heavy atom. The molecule has 2 rings (SSSR count). The Labute approximate surface area is 70.5 Å². The fourth-order valence-electron chi connectivity index (χ4n) is 1.93. The van der Waals surface area contributed by atoms with Crippen LogP contribution in [0.5, 0.6) is 0 Å². The fourth-order valence-corrected chi connectivity index (χ4v) is 1.93. The van der Waals surface area contributed by atoms with Gasteiger partial charge in [0.15, 0.2) is 0 Å². The lowest BCUT2D eigenvalue weighted by Gasteiger charge is -2.40. The molecule has 12 heavy (non-hydrogen) atoms. The minimum absolute atomic E-state index is 0.179. The number of ether oxygens (including phenoxy) is 1. The highest BCUT2D eigenvalue weighted by atomic mass is 16.6. The Bertz CT molecular complexity index is 216. The van der Waals surface area contributed by atoms with Crippen LogP contribution in [0.2, 0.25) is 0 Å². The summed E-state index contributed by atoms with van der Waals surface area (Å²) in [7, 11) is 1.81. The SMILES string of the molecule is CN1C2CCCC1C(=O)OC2=O. The van der Waals surface area contributed by atoms with Gasteiger partial charge >= 0.3 is 11.9 Å². The third kappa shape index (κ3) is 0.948. The first-order chi connectivity index (χ1) is 5.70. The van der Waals surface area contributed by atoms with Crippen molar-refractivity contribution < 1.29 is 14.3 Å². The molecule has 2 unspecified atom stereocenters. The third-order valence-electron chi connectivity index (χ3n) is 2.68. The molecule has 0 aromatic heterocycles. The number of esters is 2. The standard InChI is InChI=1S/C8H11NO3/c1-9-5-3-2-4-6(9)8(11)12-7(5)10/h5-6H,2-4H2,1H3. The lowest BCUT2D eigenvalue weighted by atomic mass is 9.94. The minimum atomic E-state index is -0.376. The number of rotatable bonds is 0. The number of nitrogens with zero attached hydrogens (tertiary/aromatic N) is 1. The second kappa shape index (κ2) is 2.55. The maximum atomic E-state index is 11.1. The van der Waals surface area contributed by atoms with E-state index in [1.165, 1.54) is 0 Å². The highest BCUT2D eigenvalue weighted by molar-refractivity contribution is 5.94. The summed E-state index contributed by atoms with van der Waals surface area (Å²) in [5, 5.41) is 0. The van der Waals surface area contributed by atoms with Crippen molar-refractivity contribution in [1.29, 1.82) is 0 Å². The maximum absolute atomic E-state index is 11.1. The predicted molar refractivity (Wildman–Crippen MR) is 40.3 cm³/mol. The lowest BCUT2D eigenvalue weighted by molar-refractivity contribution is -0.179. The zero-order valence-electron chi connectivity index (χ0n) is 6.95. The molecule has 0 aromatic rings. The summed E-state index contributed by atoms with van der Waals surface area (Å²) in [6, 6.07) is -0.358. The van der Waals surface area contributed by atoms with Gasteiger partial charge in [0, 0.05) is 0 Å². The number of carbonyl (C=O) groups excluding carboxylic acids is 2. The molecule has 0 N–H and O–H groups in total. The topological polar surface area (TPSA) is 46.6 Å². The molecule has 0 spiro atoms. The number of hydrogen-bond acceptors (Lipinski definition) is 4. The van der Waals surface area contributed by atoms with Crippen molar-refractivity contribution >= 4 is 11.9 Å². The van der Waals surface area contributed by atoms with Gasteiger partial charge in [0.1, 0.15) is 12.1 Å². The van der Waals surface area contributed by atoms with Gasteiger partial charge in [0.25, 0.3) is 0 Å². The van der Waals surface area contributed by atoms with Crippen LogP contribution in [0.4, 0.5) is 0 Å². The van der Waals surface area contributed by atoms with E-state index in [1.54, 1.807) is 0 Å². The molecule has 2 atom stereocenters. The molecule has 4 nitrogen and oxygen atoms in total. The smallest absolute Gasteiger partial charge is 0.331 e. The number of likely N-dealkylation sites (N-methyl/N-ethyl adjacent to an activating group) is 1. The molecular weight excluding hydrogens is 158 g/mol. The monoisotopic (exact) mass is 169 g/mol. The van der Waals surface area contributed by atoms with Crippen molar-refractivity contribution in [3.05, 3.63) is 0 Å². The van der Waals surface area contributed by atoms with Crippen molar-refractivity contribution in [3.63, 3.8) is 0 Å². The first-order valence-electron chi connectivity index (χ1n) is 4.17. The van der Waals surface area contributed by atoms with E-state index < -0.39 is 0 Å². The van der Waals surface area contributed by atoms with Crippen molar-refractivity contribution in [2.24, 2.45) is 0 Å². The summed E-state index contributed by atoms with van der Waals surface area (Å²) >= 11 is 0. The molecule has 2 saturated heterocycles. The van der Waals surface area contributed by atoms with E-state index in [-0.39, 0.29) is 24.0 Å². The quantitative estimate of drug-likeness (QED) is 0.376. The minimum Gasteiger partial charge on any atom is -0.391 e. The van der Waals surface area contributed by atoms with Crippen LogP contribution in [-0.2, 0) is 14.3 Å². The Morgan fingerprint density at radius 1 is 1.25 bits per heavy atom. The highest BCUT2D eigenvalue weighted by Gasteiger charge is 2.43. The Balaban J connectivity index is 2.26. The number of cyclic esters (lactones) is 2. The van der Waals surface area contributed by atoms with Gasteiger partial charge in [-0.05, 0) is 26.3 Å². The van der Waals surface area contributed by atoms with Crippen molar-refractivity contribution in [3.8, 4) is 0 Å². The van der Waals surface area contributed by atoms with E-state index in [9.17, 15) is 9.59 Å². The molecule has 0 aromatic carbocycles. The number of piperidine rings is 1. The van der Waals surface area contributed by atoms with Crippen molar-refractivity contribution in [2.75, 3.05) is 7.05 Å². The molecular formula is C8H11NO3. The van der Waals surface area contributed by atoms with Gasteiger partial charge in [0.05, 0.1) is 0 Å². The molecule has 2 aliphatic heterocycles. The van der Waals surface area contributed by atoms with Gasteiger partial charge in [-0.1, -0.05) is 0 Å². The van der Waals surface area contributed by atoms with E-state index in [2.05, 4.69) is 4.74 Å². The summed E-state index contributed by atoms with van der Waals surface area (Å²) in [5.74, 6) is -0.753. The molecule has 4 heteroatoms. The Morgan fingerprint density at radius 3 is 2.25 bits per heavy atom. The first kappa shape index (κ1) is 7.73. The van der Waals surface area contributed by atoms with Crippen LogP contribution in [0.25, 0.3) is 0 Å². The van der Waals surface area contributed by atoms with Crippen LogP contribution in [0.15, 0.2) is 0 Å². The van der Waals surface area contributed by atoms with E-state index in [1.807, 2.05) is 11.9 Å². The number of morpholine rings is 1.